The first-order valence-corrected chi connectivity index (χ1v) is 8.95. The van der Waals surface area contributed by atoms with Gasteiger partial charge in [-0.2, -0.15) is 0 Å². The van der Waals surface area contributed by atoms with Gasteiger partial charge in [0.1, 0.15) is 0 Å². The van der Waals surface area contributed by atoms with E-state index < -0.39 is 0 Å². The van der Waals surface area contributed by atoms with E-state index in [2.05, 4.69) is 11.0 Å². The first-order chi connectivity index (χ1) is 11.9. The molecule has 0 spiro atoms. The largest absolute Gasteiger partial charge is 0.349 e. The van der Waals surface area contributed by atoms with Crippen LogP contribution in [-0.2, 0) is 16.0 Å². The van der Waals surface area contributed by atoms with Crippen molar-refractivity contribution in [3.8, 4) is 0 Å². The summed E-state index contributed by atoms with van der Waals surface area (Å²) in [7, 11) is 7.14. The van der Waals surface area contributed by atoms with E-state index in [4.69, 9.17) is 4.98 Å². The molecule has 2 rings (SSSR count). The third kappa shape index (κ3) is 5.81. The number of carbonyl (C=O) groups excluding carboxylic acids is 2. The molecule has 1 aromatic rings. The van der Waals surface area contributed by atoms with E-state index in [1.807, 2.05) is 12.1 Å². The number of rotatable bonds is 6. The van der Waals surface area contributed by atoms with Crippen molar-refractivity contribution in [1.82, 2.24) is 19.7 Å². The molecule has 1 saturated heterocycles. The van der Waals surface area contributed by atoms with Crippen LogP contribution in [-0.4, -0.2) is 79.3 Å². The molecule has 6 heteroatoms. The zero-order valence-electron chi connectivity index (χ0n) is 15.9. The highest BCUT2D eigenvalue weighted by molar-refractivity contribution is 5.77. The molecule has 1 atom stereocenters. The third-order valence-electron chi connectivity index (χ3n) is 4.70. The lowest BCUT2D eigenvalue weighted by Gasteiger charge is -2.32. The lowest BCUT2D eigenvalue weighted by molar-refractivity contribution is -0.130. The van der Waals surface area contributed by atoms with Gasteiger partial charge in [0.15, 0.2) is 0 Å². The van der Waals surface area contributed by atoms with E-state index in [1.54, 1.807) is 38.0 Å². The van der Waals surface area contributed by atoms with E-state index in [-0.39, 0.29) is 11.8 Å². The fraction of sp³-hybridized carbons (Fsp3) is 0.632. The fourth-order valence-electron chi connectivity index (χ4n) is 3.10. The fourth-order valence-corrected chi connectivity index (χ4v) is 3.10. The average Bonchev–Trinajstić information content (AvgIpc) is 2.60. The molecule has 6 nitrogen and oxygen atoms in total. The SMILES string of the molecule is CN(C)C(=O)CCc1cccc(C2CCCN(CC(=O)N(C)C)C2)n1. The Balaban J connectivity index is 1.97. The molecular formula is C19H30N4O2. The molecule has 2 amide bonds. The molecule has 0 aliphatic carbocycles. The van der Waals surface area contributed by atoms with Crippen molar-refractivity contribution in [2.75, 3.05) is 47.8 Å². The molecule has 1 aliphatic heterocycles. The number of carbonyl (C=O) groups is 2. The molecule has 1 fully saturated rings. The Bertz CT molecular complexity index is 601. The average molecular weight is 346 g/mol. The van der Waals surface area contributed by atoms with Crippen LogP contribution in [0.2, 0.25) is 0 Å². The van der Waals surface area contributed by atoms with Crippen molar-refractivity contribution in [3.63, 3.8) is 0 Å². The molecule has 1 aromatic heterocycles. The summed E-state index contributed by atoms with van der Waals surface area (Å²) in [5.41, 5.74) is 2.05. The topological polar surface area (TPSA) is 56.8 Å². The summed E-state index contributed by atoms with van der Waals surface area (Å²) >= 11 is 0. The Kier molecular flexibility index (Phi) is 6.93. The highest BCUT2D eigenvalue weighted by Gasteiger charge is 2.24. The van der Waals surface area contributed by atoms with Gasteiger partial charge in [0, 0.05) is 58.5 Å². The van der Waals surface area contributed by atoms with E-state index in [1.165, 1.54) is 0 Å². The minimum absolute atomic E-state index is 0.123. The zero-order valence-corrected chi connectivity index (χ0v) is 15.9. The summed E-state index contributed by atoms with van der Waals surface area (Å²) in [6, 6.07) is 6.09. The molecule has 0 bridgehead atoms. The molecule has 0 radical (unpaired) electrons. The summed E-state index contributed by atoms with van der Waals surface area (Å²) < 4.78 is 0. The van der Waals surface area contributed by atoms with E-state index >= 15 is 0 Å². The number of hydrogen-bond acceptors (Lipinski definition) is 4. The highest BCUT2D eigenvalue weighted by Crippen LogP contribution is 2.25. The number of pyridine rings is 1. The van der Waals surface area contributed by atoms with Crippen LogP contribution in [0.5, 0.6) is 0 Å². The Morgan fingerprint density at radius 1 is 1.16 bits per heavy atom. The second-order valence-corrected chi connectivity index (χ2v) is 7.20. The lowest BCUT2D eigenvalue weighted by atomic mass is 9.94. The van der Waals surface area contributed by atoms with Gasteiger partial charge in [-0.05, 0) is 37.9 Å². The van der Waals surface area contributed by atoms with Crippen LogP contribution in [0.25, 0.3) is 0 Å². The van der Waals surface area contributed by atoms with Crippen LogP contribution in [0.3, 0.4) is 0 Å². The van der Waals surface area contributed by atoms with Crippen LogP contribution in [0.1, 0.15) is 36.6 Å². The van der Waals surface area contributed by atoms with Crippen LogP contribution in [0.4, 0.5) is 0 Å². The summed E-state index contributed by atoms with van der Waals surface area (Å²) in [6.07, 6.45) is 3.33. The van der Waals surface area contributed by atoms with Gasteiger partial charge in [-0.25, -0.2) is 0 Å². The molecule has 138 valence electrons. The van der Waals surface area contributed by atoms with Crippen molar-refractivity contribution in [2.45, 2.75) is 31.6 Å². The molecule has 1 unspecified atom stereocenters. The van der Waals surface area contributed by atoms with Crippen LogP contribution >= 0.6 is 0 Å². The number of aryl methyl sites for hydroxylation is 1. The van der Waals surface area contributed by atoms with Crippen molar-refractivity contribution in [3.05, 3.63) is 29.6 Å². The summed E-state index contributed by atoms with van der Waals surface area (Å²) in [5.74, 6) is 0.621. The number of aromatic nitrogens is 1. The normalized spacial score (nSPS) is 18.0. The van der Waals surface area contributed by atoms with Gasteiger partial charge in [0.2, 0.25) is 11.8 Å². The predicted octanol–water partition coefficient (Wildman–Crippen LogP) is 1.37. The second-order valence-electron chi connectivity index (χ2n) is 7.20. The summed E-state index contributed by atoms with van der Waals surface area (Å²) in [5, 5.41) is 0. The minimum Gasteiger partial charge on any atom is -0.349 e. The Hall–Kier alpha value is -1.95. The van der Waals surface area contributed by atoms with Crippen LogP contribution < -0.4 is 0 Å². The Morgan fingerprint density at radius 2 is 1.88 bits per heavy atom. The van der Waals surface area contributed by atoms with Gasteiger partial charge >= 0.3 is 0 Å². The number of hydrogen-bond donors (Lipinski definition) is 0. The molecule has 0 N–H and O–H groups in total. The second kappa shape index (κ2) is 8.94. The monoisotopic (exact) mass is 346 g/mol. The zero-order chi connectivity index (χ0) is 18.4. The van der Waals surface area contributed by atoms with Gasteiger partial charge < -0.3 is 9.80 Å². The van der Waals surface area contributed by atoms with Crippen molar-refractivity contribution < 1.29 is 9.59 Å². The van der Waals surface area contributed by atoms with E-state index in [9.17, 15) is 9.59 Å². The van der Waals surface area contributed by atoms with Crippen molar-refractivity contribution in [1.29, 1.82) is 0 Å². The standard InChI is InChI=1S/C19H30N4O2/c1-21(2)18(24)11-10-16-8-5-9-17(20-16)15-7-6-12-23(13-15)14-19(25)22(3)4/h5,8-9,15H,6-7,10-14H2,1-4H3. The maximum atomic E-state index is 11.9. The smallest absolute Gasteiger partial charge is 0.236 e. The van der Waals surface area contributed by atoms with Gasteiger partial charge in [0.05, 0.1) is 6.54 Å². The minimum atomic E-state index is 0.123. The molecule has 2 heterocycles. The van der Waals surface area contributed by atoms with Gasteiger partial charge in [-0.3, -0.25) is 19.5 Å². The first-order valence-electron chi connectivity index (χ1n) is 8.95. The first kappa shape index (κ1) is 19.4. The van der Waals surface area contributed by atoms with Crippen LogP contribution in [0.15, 0.2) is 18.2 Å². The molecule has 0 aromatic carbocycles. The number of piperidine rings is 1. The number of likely N-dealkylation sites (N-methyl/N-ethyl adjacent to an activating group) is 1. The molecular weight excluding hydrogens is 316 g/mol. The van der Waals surface area contributed by atoms with Crippen LogP contribution in [0, 0.1) is 0 Å². The van der Waals surface area contributed by atoms with E-state index in [0.717, 1.165) is 37.3 Å². The van der Waals surface area contributed by atoms with Gasteiger partial charge in [-0.1, -0.05) is 6.07 Å². The van der Waals surface area contributed by atoms with Gasteiger partial charge in [0.25, 0.3) is 0 Å². The van der Waals surface area contributed by atoms with Gasteiger partial charge in [-0.15, -0.1) is 0 Å². The Morgan fingerprint density at radius 3 is 2.56 bits per heavy atom. The number of likely N-dealkylation sites (tertiary alicyclic amines) is 1. The summed E-state index contributed by atoms with van der Waals surface area (Å²) in [4.78, 5) is 34.0. The van der Waals surface area contributed by atoms with Crippen molar-refractivity contribution in [2.24, 2.45) is 0 Å². The van der Waals surface area contributed by atoms with Crippen molar-refractivity contribution >= 4 is 11.8 Å². The maximum absolute atomic E-state index is 11.9. The summed E-state index contributed by atoms with van der Waals surface area (Å²) in [6.45, 7) is 2.31. The van der Waals surface area contributed by atoms with E-state index in [0.29, 0.717) is 25.3 Å². The predicted molar refractivity (Wildman–Crippen MR) is 98.4 cm³/mol. The highest BCUT2D eigenvalue weighted by atomic mass is 16.2. The molecule has 25 heavy (non-hydrogen) atoms. The quantitative estimate of drug-likeness (QED) is 0.781. The molecule has 1 aliphatic rings. The number of amides is 2. The lowest BCUT2D eigenvalue weighted by Crippen LogP contribution is -2.41. The Labute approximate surface area is 150 Å². The molecule has 0 saturated carbocycles. The number of nitrogens with zero attached hydrogens (tertiary/aromatic N) is 4. The maximum Gasteiger partial charge on any atom is 0.236 e. The third-order valence-corrected chi connectivity index (χ3v) is 4.70.